The minimum Gasteiger partial charge on any atom is -0.494 e. The summed E-state index contributed by atoms with van der Waals surface area (Å²) in [5, 5.41) is 7.11. The Morgan fingerprint density at radius 3 is 3.00 bits per heavy atom. The smallest absolute Gasteiger partial charge is 0.257 e. The number of rotatable bonds is 7. The molecule has 0 unspecified atom stereocenters. The lowest BCUT2D eigenvalue weighted by atomic mass is 10.2. The summed E-state index contributed by atoms with van der Waals surface area (Å²) >= 11 is 5.88. The van der Waals surface area contributed by atoms with Crippen LogP contribution in [0.25, 0.3) is 5.65 Å². The molecule has 0 aliphatic rings. The summed E-state index contributed by atoms with van der Waals surface area (Å²) in [7, 11) is 1.42. The molecule has 2 aromatic heterocycles. The van der Waals surface area contributed by atoms with Crippen molar-refractivity contribution in [2.24, 2.45) is 0 Å². The molecule has 0 aliphatic carbocycles. The van der Waals surface area contributed by atoms with Crippen molar-refractivity contribution in [3.63, 3.8) is 0 Å². The summed E-state index contributed by atoms with van der Waals surface area (Å²) in [5.41, 5.74) is 7.06. The summed E-state index contributed by atoms with van der Waals surface area (Å²) in [6.45, 7) is 1.95. The lowest BCUT2D eigenvalue weighted by Gasteiger charge is -2.15. The van der Waals surface area contributed by atoms with Gasteiger partial charge >= 0.3 is 0 Å². The Bertz CT molecular complexity index is 1010. The molecule has 0 fully saturated rings. The number of anilines is 1. The minimum atomic E-state index is -0.475. The van der Waals surface area contributed by atoms with E-state index in [1.807, 2.05) is 0 Å². The van der Waals surface area contributed by atoms with E-state index in [-0.39, 0.29) is 36.1 Å². The zero-order valence-corrected chi connectivity index (χ0v) is 16.0. The second kappa shape index (κ2) is 8.41. The molecule has 0 radical (unpaired) electrons. The second-order valence-corrected chi connectivity index (χ2v) is 6.54. The number of amides is 1. The Labute approximate surface area is 165 Å². The van der Waals surface area contributed by atoms with E-state index < -0.39 is 5.82 Å². The standard InChI is InChI=1S/C18H19ClFN5O3/c1-10(8-28-9-11-5-14(21)15(27-2)6-13(11)20)23-18(26)12-7-22-25-4-3-16(19)24-17(12)25/h3-7,10H,8-9,21H2,1-2H3,(H,23,26)/t10-/m1/s1. The van der Waals surface area contributed by atoms with Crippen LogP contribution in [0, 0.1) is 5.82 Å². The number of methoxy groups -OCH3 is 1. The Hall–Kier alpha value is -2.91. The fourth-order valence-corrected chi connectivity index (χ4v) is 2.74. The molecule has 1 amide bonds. The third-order valence-corrected chi connectivity index (χ3v) is 4.19. The number of nitrogen functional groups attached to an aromatic ring is 1. The maximum Gasteiger partial charge on any atom is 0.257 e. The minimum absolute atomic E-state index is 0.00805. The predicted molar refractivity (Wildman–Crippen MR) is 102 cm³/mol. The van der Waals surface area contributed by atoms with E-state index >= 15 is 0 Å². The highest BCUT2D eigenvalue weighted by Gasteiger charge is 2.17. The predicted octanol–water partition coefficient (Wildman–Crippen LogP) is 2.45. The number of carbonyl (C=O) groups is 1. The van der Waals surface area contributed by atoms with Crippen molar-refractivity contribution >= 4 is 28.8 Å². The van der Waals surface area contributed by atoms with Crippen molar-refractivity contribution < 1.29 is 18.7 Å². The van der Waals surface area contributed by atoms with Gasteiger partial charge in [0.05, 0.1) is 32.2 Å². The average molecular weight is 408 g/mol. The van der Waals surface area contributed by atoms with Crippen molar-refractivity contribution in [2.45, 2.75) is 19.6 Å². The molecule has 28 heavy (non-hydrogen) atoms. The molecule has 1 aromatic carbocycles. The second-order valence-electron chi connectivity index (χ2n) is 6.15. The van der Waals surface area contributed by atoms with Crippen LogP contribution in [-0.4, -0.2) is 40.3 Å². The Kier molecular flexibility index (Phi) is 5.96. The quantitative estimate of drug-likeness (QED) is 0.460. The topological polar surface area (TPSA) is 104 Å². The summed E-state index contributed by atoms with van der Waals surface area (Å²) in [6.07, 6.45) is 3.03. The van der Waals surface area contributed by atoms with E-state index in [1.54, 1.807) is 19.2 Å². The first-order valence-electron chi connectivity index (χ1n) is 8.39. The molecule has 8 nitrogen and oxygen atoms in total. The molecule has 0 saturated carbocycles. The van der Waals surface area contributed by atoms with Gasteiger partial charge in [-0.15, -0.1) is 0 Å². The molecule has 0 spiro atoms. The highest BCUT2D eigenvalue weighted by atomic mass is 35.5. The molecule has 2 heterocycles. The number of nitrogens with two attached hydrogens (primary N) is 1. The Morgan fingerprint density at radius 1 is 1.46 bits per heavy atom. The van der Waals surface area contributed by atoms with Gasteiger partial charge in [0.15, 0.2) is 5.65 Å². The third-order valence-electron chi connectivity index (χ3n) is 3.98. The van der Waals surface area contributed by atoms with E-state index in [0.717, 1.165) is 0 Å². The lowest BCUT2D eigenvalue weighted by Crippen LogP contribution is -2.35. The van der Waals surface area contributed by atoms with Gasteiger partial charge in [-0.2, -0.15) is 5.10 Å². The number of halogens is 2. The largest absolute Gasteiger partial charge is 0.494 e. The average Bonchev–Trinajstić information content (AvgIpc) is 3.07. The summed E-state index contributed by atoms with van der Waals surface area (Å²) in [5.74, 6) is -0.568. The van der Waals surface area contributed by atoms with Crippen LogP contribution in [0.15, 0.2) is 30.6 Å². The van der Waals surface area contributed by atoms with Crippen LogP contribution in [0.1, 0.15) is 22.8 Å². The van der Waals surface area contributed by atoms with Crippen molar-refractivity contribution in [1.29, 1.82) is 0 Å². The molecular formula is C18H19ClFN5O3. The van der Waals surface area contributed by atoms with Crippen molar-refractivity contribution in [2.75, 3.05) is 19.5 Å². The van der Waals surface area contributed by atoms with Gasteiger partial charge in [0.1, 0.15) is 22.3 Å². The van der Waals surface area contributed by atoms with E-state index in [4.69, 9.17) is 26.8 Å². The van der Waals surface area contributed by atoms with E-state index in [9.17, 15) is 9.18 Å². The van der Waals surface area contributed by atoms with E-state index in [1.165, 1.54) is 30.0 Å². The van der Waals surface area contributed by atoms with Crippen LogP contribution >= 0.6 is 11.6 Å². The number of ether oxygens (including phenoxy) is 2. The summed E-state index contributed by atoms with van der Waals surface area (Å²) in [6, 6.07) is 3.92. The van der Waals surface area contributed by atoms with Crippen LogP contribution in [0.2, 0.25) is 5.15 Å². The molecular weight excluding hydrogens is 389 g/mol. The van der Waals surface area contributed by atoms with Gasteiger partial charge in [0.2, 0.25) is 0 Å². The lowest BCUT2D eigenvalue weighted by molar-refractivity contribution is 0.0814. The molecule has 148 valence electrons. The van der Waals surface area contributed by atoms with Crippen molar-refractivity contribution in [3.8, 4) is 5.75 Å². The molecule has 0 bridgehead atoms. The van der Waals surface area contributed by atoms with Gasteiger partial charge in [0, 0.05) is 23.9 Å². The maximum atomic E-state index is 14.0. The first kappa shape index (κ1) is 19.8. The fourth-order valence-electron chi connectivity index (χ4n) is 2.60. The van der Waals surface area contributed by atoms with Gasteiger partial charge in [-0.1, -0.05) is 11.6 Å². The Morgan fingerprint density at radius 2 is 2.25 bits per heavy atom. The number of benzene rings is 1. The number of fused-ring (bicyclic) bond motifs is 1. The summed E-state index contributed by atoms with van der Waals surface area (Å²) < 4.78 is 25.9. The molecule has 0 saturated heterocycles. The number of hydrogen-bond donors (Lipinski definition) is 2. The van der Waals surface area contributed by atoms with Crippen LogP contribution in [-0.2, 0) is 11.3 Å². The van der Waals surface area contributed by atoms with Crippen LogP contribution in [0.3, 0.4) is 0 Å². The van der Waals surface area contributed by atoms with Crippen LogP contribution in [0.5, 0.6) is 5.75 Å². The summed E-state index contributed by atoms with van der Waals surface area (Å²) in [4.78, 5) is 16.6. The number of hydrogen-bond acceptors (Lipinski definition) is 6. The molecule has 1 atom stereocenters. The molecule has 3 aromatic rings. The first-order chi connectivity index (χ1) is 13.4. The maximum absolute atomic E-state index is 14.0. The highest BCUT2D eigenvalue weighted by molar-refractivity contribution is 6.29. The van der Waals surface area contributed by atoms with Gasteiger partial charge in [-0.05, 0) is 19.1 Å². The van der Waals surface area contributed by atoms with E-state index in [2.05, 4.69) is 15.4 Å². The highest BCUT2D eigenvalue weighted by Crippen LogP contribution is 2.25. The van der Waals surface area contributed by atoms with Gasteiger partial charge < -0.3 is 20.5 Å². The number of nitrogens with zero attached hydrogens (tertiary/aromatic N) is 3. The van der Waals surface area contributed by atoms with Crippen molar-refractivity contribution in [1.82, 2.24) is 19.9 Å². The Balaban J connectivity index is 1.57. The van der Waals surface area contributed by atoms with Crippen molar-refractivity contribution in [3.05, 3.63) is 52.7 Å². The first-order valence-corrected chi connectivity index (χ1v) is 8.77. The molecule has 0 aliphatic heterocycles. The van der Waals surface area contributed by atoms with Gasteiger partial charge in [-0.25, -0.2) is 13.9 Å². The van der Waals surface area contributed by atoms with Crippen LogP contribution in [0.4, 0.5) is 10.1 Å². The zero-order valence-electron chi connectivity index (χ0n) is 15.3. The molecule has 10 heteroatoms. The zero-order chi connectivity index (χ0) is 20.3. The normalized spacial score (nSPS) is 12.1. The van der Waals surface area contributed by atoms with Gasteiger partial charge in [-0.3, -0.25) is 4.79 Å². The van der Waals surface area contributed by atoms with Gasteiger partial charge in [0.25, 0.3) is 5.91 Å². The molecule has 3 rings (SSSR count). The number of carbonyl (C=O) groups excluding carboxylic acids is 1. The monoisotopic (exact) mass is 407 g/mol. The van der Waals surface area contributed by atoms with E-state index in [0.29, 0.717) is 22.5 Å². The van der Waals surface area contributed by atoms with Crippen LogP contribution < -0.4 is 15.8 Å². The number of nitrogens with one attached hydrogen (secondary N) is 1. The SMILES string of the molecule is COc1cc(F)c(COC[C@@H](C)NC(=O)c2cnn3ccc(Cl)nc23)cc1N. The number of aromatic nitrogens is 3. The fraction of sp³-hybridized carbons (Fsp3) is 0.278. The third kappa shape index (κ3) is 4.32. The molecule has 3 N–H and O–H groups in total.